The van der Waals surface area contributed by atoms with Gasteiger partial charge in [-0.15, -0.1) is 0 Å². The number of nitrogens with zero attached hydrogens (tertiary/aromatic N) is 2. The fourth-order valence-corrected chi connectivity index (χ4v) is 3.03. The Hall–Kier alpha value is -2.26. The van der Waals surface area contributed by atoms with Gasteiger partial charge in [0.15, 0.2) is 0 Å². The molecule has 0 fully saturated rings. The summed E-state index contributed by atoms with van der Waals surface area (Å²) in [5, 5.41) is 0.714. The van der Waals surface area contributed by atoms with E-state index >= 15 is 0 Å². The van der Waals surface area contributed by atoms with Crippen molar-refractivity contribution < 1.29 is 0 Å². The highest BCUT2D eigenvalue weighted by Gasteiger charge is 2.06. The second-order valence-corrected chi connectivity index (χ2v) is 6.27. The van der Waals surface area contributed by atoms with Gasteiger partial charge in [0.1, 0.15) is 5.82 Å². The molecule has 0 saturated heterocycles. The summed E-state index contributed by atoms with van der Waals surface area (Å²) in [6.45, 7) is 8.46. The molecule has 1 heterocycles. The summed E-state index contributed by atoms with van der Waals surface area (Å²) in [4.78, 5) is 10.3. The molecule has 0 atom stereocenters. The molecule has 0 saturated carbocycles. The van der Waals surface area contributed by atoms with Crippen molar-refractivity contribution in [1.29, 1.82) is 0 Å². The Morgan fingerprint density at radius 2 is 1.83 bits per heavy atom. The fraction of sp³-hybridized carbons (Fsp3) is 0.250. The fourth-order valence-electron chi connectivity index (χ4n) is 2.86. The third kappa shape index (κ3) is 3.46. The van der Waals surface area contributed by atoms with Crippen LogP contribution in [0.5, 0.6) is 0 Å². The summed E-state index contributed by atoms with van der Waals surface area (Å²) in [6.07, 6.45) is 2.14. The van der Waals surface area contributed by atoms with E-state index in [4.69, 9.17) is 11.6 Å². The molecule has 2 aromatic carbocycles. The van der Waals surface area contributed by atoms with Crippen molar-refractivity contribution in [2.75, 3.05) is 18.0 Å². The molecule has 0 unspecified atom stereocenters. The summed E-state index contributed by atoms with van der Waals surface area (Å²) >= 11 is 6.04. The molecular formula is C20H22ClN3. The zero-order chi connectivity index (χ0) is 17.1. The first-order chi connectivity index (χ1) is 11.6. The second-order valence-electron chi connectivity index (χ2n) is 5.84. The Kier molecular flexibility index (Phi) is 4.91. The standard InChI is InChI=1S/C20H22ClN3/c1-4-24(5-2)17-9-6-15(7-10-17)12-14(3)20-22-18-11-8-16(21)13-19(18)23-20/h6-13H,4-5H2,1-3H3,(H,22,23). The number of aromatic nitrogens is 2. The zero-order valence-electron chi connectivity index (χ0n) is 14.3. The minimum absolute atomic E-state index is 0.714. The predicted molar refractivity (Wildman–Crippen MR) is 105 cm³/mol. The van der Waals surface area contributed by atoms with Crippen LogP contribution < -0.4 is 4.90 Å². The van der Waals surface area contributed by atoms with Gasteiger partial charge in [-0.25, -0.2) is 4.98 Å². The summed E-state index contributed by atoms with van der Waals surface area (Å²) < 4.78 is 0. The second kappa shape index (κ2) is 7.10. The molecule has 1 aromatic heterocycles. The monoisotopic (exact) mass is 339 g/mol. The van der Waals surface area contributed by atoms with Crippen molar-refractivity contribution in [3.05, 3.63) is 58.9 Å². The molecule has 0 spiro atoms. The highest BCUT2D eigenvalue weighted by atomic mass is 35.5. The summed E-state index contributed by atoms with van der Waals surface area (Å²) in [7, 11) is 0. The lowest BCUT2D eigenvalue weighted by atomic mass is 10.1. The number of benzene rings is 2. The number of nitrogens with one attached hydrogen (secondary N) is 1. The number of hydrogen-bond donors (Lipinski definition) is 1. The maximum absolute atomic E-state index is 6.04. The van der Waals surface area contributed by atoms with Gasteiger partial charge in [-0.1, -0.05) is 23.7 Å². The number of halogens is 1. The van der Waals surface area contributed by atoms with Gasteiger partial charge in [0, 0.05) is 23.8 Å². The molecule has 3 aromatic rings. The first kappa shape index (κ1) is 16.6. The summed E-state index contributed by atoms with van der Waals surface area (Å²) in [6, 6.07) is 14.3. The van der Waals surface area contributed by atoms with E-state index < -0.39 is 0 Å². The third-order valence-corrected chi connectivity index (χ3v) is 4.46. The van der Waals surface area contributed by atoms with Crippen LogP contribution in [0.2, 0.25) is 5.02 Å². The van der Waals surface area contributed by atoms with Crippen LogP contribution in [-0.4, -0.2) is 23.1 Å². The molecule has 124 valence electrons. The summed E-state index contributed by atoms with van der Waals surface area (Å²) in [5.74, 6) is 0.875. The van der Waals surface area contributed by atoms with E-state index in [0.29, 0.717) is 5.02 Å². The Bertz CT molecular complexity index is 858. The molecule has 24 heavy (non-hydrogen) atoms. The first-order valence-electron chi connectivity index (χ1n) is 8.29. The van der Waals surface area contributed by atoms with E-state index in [0.717, 1.165) is 35.5 Å². The van der Waals surface area contributed by atoms with Crippen molar-refractivity contribution in [2.24, 2.45) is 0 Å². The Morgan fingerprint density at radius 3 is 2.50 bits per heavy atom. The lowest BCUT2D eigenvalue weighted by Crippen LogP contribution is -2.21. The van der Waals surface area contributed by atoms with Crippen LogP contribution in [0, 0.1) is 0 Å². The summed E-state index contributed by atoms with van der Waals surface area (Å²) in [5.41, 5.74) is 5.41. The molecule has 0 aliphatic heterocycles. The molecule has 0 radical (unpaired) electrons. The lowest BCUT2D eigenvalue weighted by molar-refractivity contribution is 0.866. The minimum atomic E-state index is 0.714. The normalized spacial score (nSPS) is 11.9. The van der Waals surface area contributed by atoms with E-state index in [1.54, 1.807) is 0 Å². The number of fused-ring (bicyclic) bond motifs is 1. The van der Waals surface area contributed by atoms with Gasteiger partial charge in [-0.05, 0) is 68.3 Å². The average Bonchev–Trinajstić information content (AvgIpc) is 3.00. The van der Waals surface area contributed by atoms with E-state index in [9.17, 15) is 0 Å². The number of hydrogen-bond acceptors (Lipinski definition) is 2. The van der Waals surface area contributed by atoms with Crippen LogP contribution in [0.3, 0.4) is 0 Å². The van der Waals surface area contributed by atoms with Gasteiger partial charge in [-0.3, -0.25) is 0 Å². The molecule has 0 aliphatic rings. The molecule has 3 rings (SSSR count). The number of rotatable bonds is 5. The highest BCUT2D eigenvalue weighted by Crippen LogP contribution is 2.23. The smallest absolute Gasteiger partial charge is 0.134 e. The molecule has 4 heteroatoms. The lowest BCUT2D eigenvalue weighted by Gasteiger charge is -2.20. The Balaban J connectivity index is 1.86. The Morgan fingerprint density at radius 1 is 1.12 bits per heavy atom. The molecule has 0 amide bonds. The van der Waals surface area contributed by atoms with Gasteiger partial charge in [0.05, 0.1) is 11.0 Å². The van der Waals surface area contributed by atoms with Crippen LogP contribution >= 0.6 is 11.6 Å². The van der Waals surface area contributed by atoms with Crippen molar-refractivity contribution in [3.8, 4) is 0 Å². The maximum Gasteiger partial charge on any atom is 0.134 e. The molecule has 3 nitrogen and oxygen atoms in total. The van der Waals surface area contributed by atoms with Gasteiger partial charge in [-0.2, -0.15) is 0 Å². The van der Waals surface area contributed by atoms with Crippen molar-refractivity contribution in [1.82, 2.24) is 9.97 Å². The minimum Gasteiger partial charge on any atom is -0.372 e. The Labute approximate surface area is 148 Å². The average molecular weight is 340 g/mol. The van der Waals surface area contributed by atoms with Gasteiger partial charge >= 0.3 is 0 Å². The topological polar surface area (TPSA) is 31.9 Å². The molecular weight excluding hydrogens is 318 g/mol. The van der Waals surface area contributed by atoms with Crippen molar-refractivity contribution in [3.63, 3.8) is 0 Å². The highest BCUT2D eigenvalue weighted by molar-refractivity contribution is 6.31. The van der Waals surface area contributed by atoms with E-state index in [1.165, 1.54) is 11.3 Å². The number of H-pyrrole nitrogens is 1. The largest absolute Gasteiger partial charge is 0.372 e. The SMILES string of the molecule is CCN(CC)c1ccc(C=C(C)c2nc3ccc(Cl)cc3[nH]2)cc1. The molecule has 0 bridgehead atoms. The van der Waals surface area contributed by atoms with Crippen LogP contribution in [0.25, 0.3) is 22.7 Å². The van der Waals surface area contributed by atoms with Crippen molar-refractivity contribution >= 4 is 40.0 Å². The molecule has 0 aliphatic carbocycles. The number of allylic oxidation sites excluding steroid dienone is 1. The van der Waals surface area contributed by atoms with Crippen LogP contribution in [0.1, 0.15) is 32.2 Å². The quantitative estimate of drug-likeness (QED) is 0.654. The maximum atomic E-state index is 6.04. The van der Waals surface area contributed by atoms with Gasteiger partial charge < -0.3 is 9.88 Å². The number of imidazole rings is 1. The number of aromatic amines is 1. The third-order valence-electron chi connectivity index (χ3n) is 4.22. The molecule has 1 N–H and O–H groups in total. The van der Waals surface area contributed by atoms with Crippen molar-refractivity contribution in [2.45, 2.75) is 20.8 Å². The number of anilines is 1. The van der Waals surface area contributed by atoms with Crippen LogP contribution in [-0.2, 0) is 0 Å². The zero-order valence-corrected chi connectivity index (χ0v) is 15.1. The van der Waals surface area contributed by atoms with E-state index in [1.807, 2.05) is 18.2 Å². The van der Waals surface area contributed by atoms with Gasteiger partial charge in [0.2, 0.25) is 0 Å². The van der Waals surface area contributed by atoms with Crippen LogP contribution in [0.15, 0.2) is 42.5 Å². The first-order valence-corrected chi connectivity index (χ1v) is 8.67. The predicted octanol–water partition coefficient (Wildman–Crippen LogP) is 5.62. The van der Waals surface area contributed by atoms with Crippen LogP contribution in [0.4, 0.5) is 5.69 Å². The van der Waals surface area contributed by atoms with E-state index in [2.05, 4.69) is 66.0 Å². The van der Waals surface area contributed by atoms with Gasteiger partial charge in [0.25, 0.3) is 0 Å². The van der Waals surface area contributed by atoms with E-state index in [-0.39, 0.29) is 0 Å².